The van der Waals surface area contributed by atoms with Gasteiger partial charge in [0.15, 0.2) is 5.76 Å². The number of fused-ring (bicyclic) bond motifs is 1. The molecule has 4 nitrogen and oxygen atoms in total. The number of benzene rings is 1. The Labute approximate surface area is 101 Å². The Balaban J connectivity index is 2.26. The maximum atomic E-state index is 13.1. The normalized spacial score (nSPS) is 11.0. The summed E-state index contributed by atoms with van der Waals surface area (Å²) < 4.78 is 18.6. The largest absolute Gasteiger partial charge is 0.454 e. The second-order valence-corrected chi connectivity index (χ2v) is 4.00. The minimum atomic E-state index is -0.328. The third-order valence-corrected chi connectivity index (χ3v) is 2.80. The Kier molecular flexibility index (Phi) is 2.26. The van der Waals surface area contributed by atoms with Gasteiger partial charge in [0.1, 0.15) is 17.1 Å². The minimum Gasteiger partial charge on any atom is -0.454 e. The molecule has 18 heavy (non-hydrogen) atoms. The molecule has 3 aromatic rings. The standard InChI is InChI=1S/C13H9FN2O2/c1-7-12(15-6-16-13(7)17)11-5-8-4-9(14)2-3-10(8)18-11/h2-6H,1H3,(H,15,16,17). The molecule has 0 aliphatic heterocycles. The quantitative estimate of drug-likeness (QED) is 0.715. The van der Waals surface area contributed by atoms with Crippen LogP contribution in [0, 0.1) is 12.7 Å². The molecular weight excluding hydrogens is 235 g/mol. The molecule has 0 atom stereocenters. The predicted octanol–water partition coefficient (Wildman–Crippen LogP) is 2.63. The molecule has 90 valence electrons. The molecule has 2 aromatic heterocycles. The first-order valence-electron chi connectivity index (χ1n) is 5.39. The van der Waals surface area contributed by atoms with Crippen molar-refractivity contribution in [2.45, 2.75) is 6.92 Å². The van der Waals surface area contributed by atoms with Crippen LogP contribution in [0.3, 0.4) is 0 Å². The van der Waals surface area contributed by atoms with E-state index in [2.05, 4.69) is 9.97 Å². The highest BCUT2D eigenvalue weighted by Crippen LogP contribution is 2.27. The number of aromatic amines is 1. The zero-order valence-corrected chi connectivity index (χ0v) is 9.53. The molecule has 1 N–H and O–H groups in total. The maximum Gasteiger partial charge on any atom is 0.254 e. The van der Waals surface area contributed by atoms with Crippen LogP contribution in [0.4, 0.5) is 4.39 Å². The summed E-state index contributed by atoms with van der Waals surface area (Å²) in [6, 6.07) is 5.93. The molecule has 0 aliphatic rings. The van der Waals surface area contributed by atoms with Crippen molar-refractivity contribution in [1.29, 1.82) is 0 Å². The van der Waals surface area contributed by atoms with E-state index in [1.54, 1.807) is 19.1 Å². The number of hydrogen-bond acceptors (Lipinski definition) is 3. The van der Waals surface area contributed by atoms with Gasteiger partial charge in [-0.15, -0.1) is 0 Å². The van der Waals surface area contributed by atoms with Crippen LogP contribution >= 0.6 is 0 Å². The number of nitrogens with one attached hydrogen (secondary N) is 1. The Morgan fingerprint density at radius 1 is 1.33 bits per heavy atom. The lowest BCUT2D eigenvalue weighted by Crippen LogP contribution is -2.10. The van der Waals surface area contributed by atoms with Gasteiger partial charge in [-0.3, -0.25) is 4.79 Å². The van der Waals surface area contributed by atoms with Crippen molar-refractivity contribution in [2.75, 3.05) is 0 Å². The summed E-state index contributed by atoms with van der Waals surface area (Å²) in [4.78, 5) is 18.1. The molecule has 0 amide bonds. The first-order chi connectivity index (χ1) is 8.65. The van der Waals surface area contributed by atoms with E-state index in [0.717, 1.165) is 0 Å². The molecule has 0 radical (unpaired) electrons. The summed E-state index contributed by atoms with van der Waals surface area (Å²) in [5.41, 5.74) is 1.28. The van der Waals surface area contributed by atoms with Gasteiger partial charge in [0.2, 0.25) is 0 Å². The number of halogens is 1. The molecule has 0 saturated carbocycles. The van der Waals surface area contributed by atoms with Gasteiger partial charge in [0.25, 0.3) is 5.56 Å². The van der Waals surface area contributed by atoms with E-state index < -0.39 is 0 Å². The second-order valence-electron chi connectivity index (χ2n) is 4.00. The Bertz CT molecular complexity index is 789. The van der Waals surface area contributed by atoms with Gasteiger partial charge in [-0.25, -0.2) is 9.37 Å². The lowest BCUT2D eigenvalue weighted by molar-refractivity contribution is 0.617. The average molecular weight is 244 g/mol. The van der Waals surface area contributed by atoms with Gasteiger partial charge in [-0.05, 0) is 31.2 Å². The molecule has 0 bridgehead atoms. The topological polar surface area (TPSA) is 58.9 Å². The highest BCUT2D eigenvalue weighted by molar-refractivity contribution is 5.82. The molecule has 5 heteroatoms. The van der Waals surface area contributed by atoms with Crippen molar-refractivity contribution in [3.05, 3.63) is 52.3 Å². The third-order valence-electron chi connectivity index (χ3n) is 2.80. The van der Waals surface area contributed by atoms with Crippen LogP contribution in [0.15, 0.2) is 39.8 Å². The van der Waals surface area contributed by atoms with Crippen LogP contribution in [0.1, 0.15) is 5.56 Å². The average Bonchev–Trinajstić information content (AvgIpc) is 2.75. The predicted molar refractivity (Wildman–Crippen MR) is 64.8 cm³/mol. The molecule has 0 fully saturated rings. The summed E-state index contributed by atoms with van der Waals surface area (Å²) in [6.45, 7) is 1.66. The van der Waals surface area contributed by atoms with Crippen molar-refractivity contribution in [3.63, 3.8) is 0 Å². The number of furan rings is 1. The van der Waals surface area contributed by atoms with Gasteiger partial charge in [-0.1, -0.05) is 0 Å². The van der Waals surface area contributed by atoms with Gasteiger partial charge in [-0.2, -0.15) is 0 Å². The first-order valence-corrected chi connectivity index (χ1v) is 5.39. The zero-order valence-electron chi connectivity index (χ0n) is 9.53. The van der Waals surface area contributed by atoms with Gasteiger partial charge >= 0.3 is 0 Å². The van der Waals surface area contributed by atoms with Crippen molar-refractivity contribution in [2.24, 2.45) is 0 Å². The summed E-state index contributed by atoms with van der Waals surface area (Å²) in [5.74, 6) is 0.129. The number of H-pyrrole nitrogens is 1. The summed E-state index contributed by atoms with van der Waals surface area (Å²) >= 11 is 0. The van der Waals surface area contributed by atoms with E-state index >= 15 is 0 Å². The fourth-order valence-corrected chi connectivity index (χ4v) is 1.85. The molecule has 0 aliphatic carbocycles. The summed E-state index contributed by atoms with van der Waals surface area (Å²) in [5, 5.41) is 0.645. The SMILES string of the molecule is Cc1c(-c2cc3cc(F)ccc3o2)nc[nH]c1=O. The van der Waals surface area contributed by atoms with Crippen molar-refractivity contribution >= 4 is 11.0 Å². The molecule has 0 spiro atoms. The van der Waals surface area contributed by atoms with Gasteiger partial charge in [0.05, 0.1) is 6.33 Å². The van der Waals surface area contributed by atoms with Crippen molar-refractivity contribution in [1.82, 2.24) is 9.97 Å². The Morgan fingerprint density at radius 3 is 3.00 bits per heavy atom. The number of rotatable bonds is 1. The van der Waals surface area contributed by atoms with Crippen molar-refractivity contribution < 1.29 is 8.81 Å². The number of nitrogens with zero attached hydrogens (tertiary/aromatic N) is 1. The lowest BCUT2D eigenvalue weighted by atomic mass is 10.2. The highest BCUT2D eigenvalue weighted by atomic mass is 19.1. The number of hydrogen-bond donors (Lipinski definition) is 1. The van der Waals surface area contributed by atoms with E-state index in [9.17, 15) is 9.18 Å². The molecule has 2 heterocycles. The van der Waals surface area contributed by atoms with Crippen LogP contribution in [0.2, 0.25) is 0 Å². The molecule has 1 aromatic carbocycles. The smallest absolute Gasteiger partial charge is 0.254 e. The highest BCUT2D eigenvalue weighted by Gasteiger charge is 2.12. The summed E-state index contributed by atoms with van der Waals surface area (Å²) in [7, 11) is 0. The van der Waals surface area contributed by atoms with Crippen LogP contribution in [0.25, 0.3) is 22.4 Å². The Hall–Kier alpha value is -2.43. The Morgan fingerprint density at radius 2 is 2.17 bits per heavy atom. The lowest BCUT2D eigenvalue weighted by Gasteiger charge is -1.98. The fourth-order valence-electron chi connectivity index (χ4n) is 1.85. The van der Waals surface area contributed by atoms with Crippen molar-refractivity contribution in [3.8, 4) is 11.5 Å². The molecule has 3 rings (SSSR count). The molecular formula is C13H9FN2O2. The van der Waals surface area contributed by atoms with Gasteiger partial charge in [0, 0.05) is 10.9 Å². The van der Waals surface area contributed by atoms with E-state index in [1.165, 1.54) is 18.5 Å². The minimum absolute atomic E-state index is 0.216. The van der Waals surface area contributed by atoms with Crippen LogP contribution in [-0.4, -0.2) is 9.97 Å². The van der Waals surface area contributed by atoms with E-state index in [4.69, 9.17) is 4.42 Å². The van der Waals surface area contributed by atoms with E-state index in [-0.39, 0.29) is 11.4 Å². The van der Waals surface area contributed by atoms with E-state index in [1.807, 2.05) is 0 Å². The fraction of sp³-hybridized carbons (Fsp3) is 0.0769. The summed E-state index contributed by atoms with van der Waals surface area (Å²) in [6.07, 6.45) is 1.32. The van der Waals surface area contributed by atoms with E-state index in [0.29, 0.717) is 28.0 Å². The second kappa shape index (κ2) is 3.80. The third kappa shape index (κ3) is 1.60. The monoisotopic (exact) mass is 244 g/mol. The van der Waals surface area contributed by atoms with Gasteiger partial charge < -0.3 is 9.40 Å². The van der Waals surface area contributed by atoms with Crippen LogP contribution < -0.4 is 5.56 Å². The zero-order chi connectivity index (χ0) is 12.7. The van der Waals surface area contributed by atoms with Crippen LogP contribution in [0.5, 0.6) is 0 Å². The molecule has 0 unspecified atom stereocenters. The molecule has 0 saturated heterocycles. The van der Waals surface area contributed by atoms with Crippen LogP contribution in [-0.2, 0) is 0 Å². The maximum absolute atomic E-state index is 13.1. The number of aromatic nitrogens is 2. The first kappa shape index (κ1) is 10.7.